The third kappa shape index (κ3) is 5.24. The van der Waals surface area contributed by atoms with Crippen LogP contribution in [0.2, 0.25) is 0 Å². The first-order valence-electron chi connectivity index (χ1n) is 11.8. The van der Waals surface area contributed by atoms with Crippen LogP contribution in [0.5, 0.6) is 0 Å². The average molecular weight is 522 g/mol. The minimum Gasteiger partial charge on any atom is -0.465 e. The normalized spacial score (nSPS) is 13.5. The number of benzene rings is 2. The Balaban J connectivity index is 1.32. The first kappa shape index (κ1) is 23.9. The Bertz CT molecular complexity index is 1390. The number of thiocarbonyl (C=S) groups is 1. The van der Waals surface area contributed by atoms with Crippen molar-refractivity contribution in [1.82, 2.24) is 4.98 Å². The van der Waals surface area contributed by atoms with Crippen molar-refractivity contribution in [3.8, 4) is 10.6 Å². The lowest BCUT2D eigenvalue weighted by Crippen LogP contribution is -2.20. The monoisotopic (exact) mass is 521 g/mol. The summed E-state index contributed by atoms with van der Waals surface area (Å²) in [7, 11) is 1.43. The van der Waals surface area contributed by atoms with Crippen LogP contribution in [0.25, 0.3) is 20.8 Å². The van der Waals surface area contributed by atoms with Gasteiger partial charge >= 0.3 is 5.97 Å². The number of thiophene rings is 1. The molecular formula is C27H27N3O2S3. The maximum absolute atomic E-state index is 12.6. The van der Waals surface area contributed by atoms with Crippen molar-refractivity contribution < 1.29 is 9.53 Å². The maximum atomic E-state index is 12.6. The van der Waals surface area contributed by atoms with E-state index < -0.39 is 0 Å². The highest BCUT2D eigenvalue weighted by molar-refractivity contribution is 7.80. The number of rotatable bonds is 4. The molecule has 0 unspecified atom stereocenters. The quantitative estimate of drug-likeness (QED) is 0.213. The number of carbonyl (C=O) groups is 1. The van der Waals surface area contributed by atoms with Crippen molar-refractivity contribution >= 4 is 66.9 Å². The first-order valence-corrected chi connectivity index (χ1v) is 13.8. The van der Waals surface area contributed by atoms with Gasteiger partial charge < -0.3 is 15.4 Å². The van der Waals surface area contributed by atoms with E-state index in [1.165, 1.54) is 35.1 Å². The molecule has 1 aliphatic rings. The van der Waals surface area contributed by atoms with Gasteiger partial charge in [-0.25, -0.2) is 9.78 Å². The second-order valence-electron chi connectivity index (χ2n) is 8.76. The minimum atomic E-state index is -0.302. The SMILES string of the molecule is COC(=O)c1c(NC(=S)Nc2ccc(-c3nc4ccc(C)cc4s3)cc2)sc2c1CCCCCC2. The van der Waals surface area contributed by atoms with Gasteiger partial charge in [0.25, 0.3) is 0 Å². The molecule has 0 bridgehead atoms. The predicted octanol–water partition coefficient (Wildman–Crippen LogP) is 7.59. The number of aromatic nitrogens is 1. The zero-order valence-corrected chi connectivity index (χ0v) is 22.2. The highest BCUT2D eigenvalue weighted by Crippen LogP contribution is 2.38. The van der Waals surface area contributed by atoms with E-state index in [9.17, 15) is 4.79 Å². The molecule has 0 fully saturated rings. The zero-order valence-electron chi connectivity index (χ0n) is 19.8. The van der Waals surface area contributed by atoms with Crippen molar-refractivity contribution in [3.63, 3.8) is 0 Å². The number of nitrogens with zero attached hydrogens (tertiary/aromatic N) is 1. The Hall–Kier alpha value is -2.81. The first-order chi connectivity index (χ1) is 17.0. The van der Waals surface area contributed by atoms with E-state index in [-0.39, 0.29) is 5.97 Å². The fraction of sp³-hybridized carbons (Fsp3) is 0.296. The Morgan fingerprint density at radius 1 is 1.00 bits per heavy atom. The summed E-state index contributed by atoms with van der Waals surface area (Å²) in [5.74, 6) is -0.302. The molecule has 2 aromatic heterocycles. The third-order valence-electron chi connectivity index (χ3n) is 6.22. The van der Waals surface area contributed by atoms with E-state index in [0.717, 1.165) is 58.0 Å². The number of carbonyl (C=O) groups excluding carboxylic acids is 1. The minimum absolute atomic E-state index is 0.302. The lowest BCUT2D eigenvalue weighted by Gasteiger charge is -2.12. The van der Waals surface area contributed by atoms with Gasteiger partial charge in [0.2, 0.25) is 0 Å². The molecule has 180 valence electrons. The van der Waals surface area contributed by atoms with Crippen LogP contribution in [0.3, 0.4) is 0 Å². The molecule has 0 atom stereocenters. The van der Waals surface area contributed by atoms with Gasteiger partial charge in [-0.1, -0.05) is 18.9 Å². The van der Waals surface area contributed by atoms with Crippen molar-refractivity contribution in [2.75, 3.05) is 17.7 Å². The summed E-state index contributed by atoms with van der Waals surface area (Å²) in [6.45, 7) is 2.10. The van der Waals surface area contributed by atoms with Crippen molar-refractivity contribution in [2.24, 2.45) is 0 Å². The molecule has 0 radical (unpaired) electrons. The lowest BCUT2D eigenvalue weighted by atomic mass is 9.96. The second kappa shape index (κ2) is 10.4. The summed E-state index contributed by atoms with van der Waals surface area (Å²) in [6.07, 6.45) is 6.59. The highest BCUT2D eigenvalue weighted by atomic mass is 32.1. The topological polar surface area (TPSA) is 63.2 Å². The zero-order chi connectivity index (χ0) is 24.4. The maximum Gasteiger partial charge on any atom is 0.341 e. The second-order valence-corrected chi connectivity index (χ2v) is 11.3. The van der Waals surface area contributed by atoms with E-state index in [0.29, 0.717) is 10.7 Å². The summed E-state index contributed by atoms with van der Waals surface area (Å²) < 4.78 is 6.31. The van der Waals surface area contributed by atoms with Crippen LogP contribution in [0.15, 0.2) is 42.5 Å². The lowest BCUT2D eigenvalue weighted by molar-refractivity contribution is 0.0601. The number of hydrogen-bond acceptors (Lipinski definition) is 6. The summed E-state index contributed by atoms with van der Waals surface area (Å²) >= 11 is 8.92. The highest BCUT2D eigenvalue weighted by Gasteiger charge is 2.25. The number of nitrogens with one attached hydrogen (secondary N) is 2. The summed E-state index contributed by atoms with van der Waals surface area (Å²) in [5.41, 5.74) is 5.97. The molecule has 0 aliphatic heterocycles. The largest absolute Gasteiger partial charge is 0.465 e. The van der Waals surface area contributed by atoms with Crippen molar-refractivity contribution in [3.05, 3.63) is 64.0 Å². The standard InChI is InChI=1S/C27H27N3O2S3/c1-16-9-14-20-22(15-16)35-24(29-20)17-10-12-18(13-11-17)28-27(33)30-25-23(26(31)32-2)19-7-5-3-4-6-8-21(19)34-25/h9-15H,3-8H2,1-2H3,(H2,28,30,33). The molecule has 5 nitrogen and oxygen atoms in total. The number of anilines is 2. The number of hydrogen-bond donors (Lipinski definition) is 2. The van der Waals surface area contributed by atoms with Crippen LogP contribution in [0.4, 0.5) is 10.7 Å². The van der Waals surface area contributed by atoms with E-state index in [2.05, 4.69) is 35.8 Å². The molecule has 2 N–H and O–H groups in total. The molecule has 35 heavy (non-hydrogen) atoms. The summed E-state index contributed by atoms with van der Waals surface area (Å²) in [6, 6.07) is 14.4. The number of esters is 1. The number of ether oxygens (including phenoxy) is 1. The molecule has 8 heteroatoms. The van der Waals surface area contributed by atoms with E-state index >= 15 is 0 Å². The summed E-state index contributed by atoms with van der Waals surface area (Å²) in [4.78, 5) is 18.7. The molecular weight excluding hydrogens is 495 g/mol. The van der Waals surface area contributed by atoms with Crippen LogP contribution >= 0.6 is 34.9 Å². The molecule has 0 saturated carbocycles. The Labute approximate surface area is 218 Å². The number of fused-ring (bicyclic) bond motifs is 2. The van der Waals surface area contributed by atoms with Gasteiger partial charge in [0.05, 0.1) is 22.9 Å². The van der Waals surface area contributed by atoms with E-state index in [4.69, 9.17) is 21.9 Å². The Morgan fingerprint density at radius 2 is 1.77 bits per heavy atom. The molecule has 0 amide bonds. The molecule has 1 aliphatic carbocycles. The molecule has 2 heterocycles. The fourth-order valence-electron chi connectivity index (χ4n) is 4.44. The Morgan fingerprint density at radius 3 is 2.54 bits per heavy atom. The van der Waals surface area contributed by atoms with Crippen LogP contribution in [0.1, 0.15) is 52.0 Å². The Kier molecular flexibility index (Phi) is 7.13. The van der Waals surface area contributed by atoms with E-state index in [1.807, 2.05) is 24.3 Å². The third-order valence-corrected chi connectivity index (χ3v) is 8.70. The van der Waals surface area contributed by atoms with Gasteiger partial charge in [-0.05, 0) is 92.4 Å². The van der Waals surface area contributed by atoms with Crippen LogP contribution in [-0.2, 0) is 17.6 Å². The van der Waals surface area contributed by atoms with Gasteiger partial charge in [-0.15, -0.1) is 22.7 Å². The predicted molar refractivity (Wildman–Crippen MR) is 151 cm³/mol. The van der Waals surface area contributed by atoms with Crippen molar-refractivity contribution in [2.45, 2.75) is 45.4 Å². The number of thiazole rings is 1. The summed E-state index contributed by atoms with van der Waals surface area (Å²) in [5, 5.41) is 8.73. The van der Waals surface area contributed by atoms with Crippen molar-refractivity contribution in [1.29, 1.82) is 0 Å². The molecule has 5 rings (SSSR count). The van der Waals surface area contributed by atoms with Gasteiger partial charge in [-0.3, -0.25) is 0 Å². The molecule has 2 aromatic carbocycles. The number of aryl methyl sites for hydroxylation is 2. The average Bonchev–Trinajstić information content (AvgIpc) is 3.39. The fourth-order valence-corrected chi connectivity index (χ4v) is 7.08. The smallest absolute Gasteiger partial charge is 0.341 e. The van der Waals surface area contributed by atoms with Crippen LogP contribution in [-0.4, -0.2) is 23.2 Å². The van der Waals surface area contributed by atoms with Gasteiger partial charge in [0.15, 0.2) is 5.11 Å². The van der Waals surface area contributed by atoms with Crippen LogP contribution in [0, 0.1) is 6.92 Å². The van der Waals surface area contributed by atoms with Gasteiger partial charge in [0, 0.05) is 16.1 Å². The number of methoxy groups -OCH3 is 1. The molecule has 4 aromatic rings. The van der Waals surface area contributed by atoms with Gasteiger partial charge in [0.1, 0.15) is 10.0 Å². The van der Waals surface area contributed by atoms with E-state index in [1.54, 1.807) is 22.7 Å². The van der Waals surface area contributed by atoms with Gasteiger partial charge in [-0.2, -0.15) is 0 Å². The molecule has 0 spiro atoms. The van der Waals surface area contributed by atoms with Crippen LogP contribution < -0.4 is 10.6 Å². The molecule has 0 saturated heterocycles.